The molecule has 8 atom stereocenters. The number of nitrogens with two attached hydrogens (primary N) is 6. The average molecular weight is 1100 g/mol. The lowest BCUT2D eigenvalue weighted by Gasteiger charge is -2.36. The van der Waals surface area contributed by atoms with E-state index in [9.17, 15) is 52.7 Å². The van der Waals surface area contributed by atoms with E-state index in [1.165, 1.54) is 23.9 Å². The molecule has 28 heteroatoms. The van der Waals surface area contributed by atoms with Crippen LogP contribution in [-0.4, -0.2) is 179 Å². The maximum atomic E-state index is 14.6. The average Bonchev–Trinajstić information content (AvgIpc) is 3.89. The molecule has 0 unspecified atom stereocenters. The summed E-state index contributed by atoms with van der Waals surface area (Å²) in [6.07, 6.45) is -1.04. The summed E-state index contributed by atoms with van der Waals surface area (Å²) >= 11 is 8.42. The smallest absolute Gasteiger partial charge is 0.246 e. The Morgan fingerprint density at radius 3 is 1.72 bits per heavy atom. The lowest BCUT2D eigenvalue weighted by Crippen LogP contribution is -2.61. The standard InChI is InChI=1S/C48H71N15O11S2/c1-61(47(74)36(22-28-13-7-4-8-14-28)62(2)45(72)29(49)25-75)35(21-27-11-5-3-6-12-27)44(71)58-31(17-18-37(50)64)41(68)59-32(23-38(51)65)42(69)60-33(26-76)46(73)63-20-10-16-34(63)43(70)57-30(15-9-19-55-48(53)54)40(67)56-24-39(52)66/h3-8,11-14,29-36,75-76H,9-10,15-26,49H2,1-2H3,(H2,50,64)(H2,51,65)(H2,52,66)(H,56,67)(H,57,70)(H,58,71)(H,59,68)(H,60,69)(H4,53,54,55)/t29-,30-,31-,32-,33-,34-,35-,36+/m0/s1. The number of guanidine groups is 1. The van der Waals surface area contributed by atoms with Crippen LogP contribution in [-0.2, 0) is 65.6 Å². The zero-order valence-electron chi connectivity index (χ0n) is 42.4. The largest absolute Gasteiger partial charge is 0.370 e. The Morgan fingerprint density at radius 2 is 1.18 bits per heavy atom. The monoisotopic (exact) mass is 1100 g/mol. The fourth-order valence-electron chi connectivity index (χ4n) is 8.16. The second-order valence-electron chi connectivity index (χ2n) is 18.0. The van der Waals surface area contributed by atoms with Gasteiger partial charge in [0.15, 0.2) is 5.96 Å². The van der Waals surface area contributed by atoms with E-state index in [0.29, 0.717) is 17.5 Å². The number of rotatable bonds is 31. The molecule has 0 aliphatic carbocycles. The second kappa shape index (κ2) is 31.4. The first kappa shape index (κ1) is 62.8. The highest BCUT2D eigenvalue weighted by Crippen LogP contribution is 2.21. The van der Waals surface area contributed by atoms with Crippen molar-refractivity contribution in [3.63, 3.8) is 0 Å². The van der Waals surface area contributed by atoms with Crippen molar-refractivity contribution >= 4 is 96.2 Å². The van der Waals surface area contributed by atoms with Crippen LogP contribution in [0.1, 0.15) is 56.1 Å². The minimum Gasteiger partial charge on any atom is -0.370 e. The first-order valence-corrected chi connectivity index (χ1v) is 25.5. The van der Waals surface area contributed by atoms with Crippen molar-refractivity contribution in [1.29, 1.82) is 0 Å². The Kier molecular flexibility index (Phi) is 26.0. The van der Waals surface area contributed by atoms with E-state index in [0.717, 1.165) is 4.90 Å². The summed E-state index contributed by atoms with van der Waals surface area (Å²) < 4.78 is 0. The van der Waals surface area contributed by atoms with Gasteiger partial charge in [-0.05, 0) is 43.2 Å². The Hall–Kier alpha value is -7.46. The number of primary amides is 3. The number of thiol groups is 2. The number of nitrogens with zero attached hydrogens (tertiary/aromatic N) is 4. The summed E-state index contributed by atoms with van der Waals surface area (Å²) in [4.78, 5) is 155. The van der Waals surface area contributed by atoms with Crippen LogP contribution in [0.2, 0.25) is 0 Å². The summed E-state index contributed by atoms with van der Waals surface area (Å²) in [5.41, 5.74) is 34.3. The van der Waals surface area contributed by atoms with Crippen LogP contribution in [0.3, 0.4) is 0 Å². The molecule has 1 aliphatic heterocycles. The van der Waals surface area contributed by atoms with Gasteiger partial charge in [0.2, 0.25) is 65.0 Å². The van der Waals surface area contributed by atoms with Crippen LogP contribution in [0.5, 0.6) is 0 Å². The van der Waals surface area contributed by atoms with Crippen molar-refractivity contribution in [2.75, 3.05) is 45.2 Å². The highest BCUT2D eigenvalue weighted by atomic mass is 32.1. The quantitative estimate of drug-likeness (QED) is 0.0146. The van der Waals surface area contributed by atoms with Gasteiger partial charge in [-0.15, -0.1) is 0 Å². The highest BCUT2D eigenvalue weighted by molar-refractivity contribution is 7.80. The SMILES string of the molecule is CN(C(=O)[C@@H](N)CS)[C@H](Cc1ccccc1)C(=O)N(C)[C@@H](Cc1ccccc1)C(=O)N[C@@H](CCC(N)=O)C(=O)N[C@@H](CC(N)=O)C(=O)N[C@@H](CS)C(=O)N1CCC[C@H]1C(=O)N[C@@H](CCCN=C(N)N)C(=O)NCC(N)=O. The van der Waals surface area contributed by atoms with Crippen LogP contribution >= 0.6 is 25.3 Å². The molecule has 1 fully saturated rings. The number of carbonyl (C=O) groups excluding carboxylic acids is 11. The number of likely N-dealkylation sites (tertiary alicyclic amines) is 1. The van der Waals surface area contributed by atoms with E-state index < -0.39 is 139 Å². The zero-order chi connectivity index (χ0) is 56.6. The summed E-state index contributed by atoms with van der Waals surface area (Å²) in [5.74, 6) is -9.91. The Bertz CT molecular complexity index is 2400. The molecule has 0 spiro atoms. The molecular formula is C48H71N15O11S2. The van der Waals surface area contributed by atoms with Gasteiger partial charge in [0, 0.05) is 58.0 Å². The summed E-state index contributed by atoms with van der Waals surface area (Å²) in [6.45, 7) is -0.363. The molecule has 0 bridgehead atoms. The van der Waals surface area contributed by atoms with Gasteiger partial charge < -0.3 is 75.7 Å². The van der Waals surface area contributed by atoms with Crippen molar-refractivity contribution < 1.29 is 52.7 Å². The van der Waals surface area contributed by atoms with Crippen LogP contribution < -0.4 is 61.0 Å². The summed E-state index contributed by atoms with van der Waals surface area (Å²) in [7, 11) is 2.77. The number of nitrogens with one attached hydrogen (secondary N) is 5. The molecule has 0 radical (unpaired) electrons. The van der Waals surface area contributed by atoms with Crippen LogP contribution in [0, 0.1) is 0 Å². The first-order chi connectivity index (χ1) is 36.0. The number of aliphatic imine (C=N–C) groups is 1. The van der Waals surface area contributed by atoms with Crippen molar-refractivity contribution in [3.05, 3.63) is 71.8 Å². The van der Waals surface area contributed by atoms with E-state index in [1.54, 1.807) is 60.7 Å². The molecule has 1 aliphatic rings. The molecule has 0 aromatic heterocycles. The number of likely N-dealkylation sites (N-methyl/N-ethyl adjacent to an activating group) is 2. The summed E-state index contributed by atoms with van der Waals surface area (Å²) in [5, 5.41) is 12.4. The van der Waals surface area contributed by atoms with E-state index in [-0.39, 0.29) is 62.7 Å². The number of carbonyl (C=O) groups is 11. The molecule has 3 rings (SSSR count). The van der Waals surface area contributed by atoms with Crippen molar-refractivity contribution in [2.45, 2.75) is 106 Å². The van der Waals surface area contributed by atoms with Crippen molar-refractivity contribution in [2.24, 2.45) is 39.4 Å². The fourth-order valence-corrected chi connectivity index (χ4v) is 8.56. The Morgan fingerprint density at radius 1 is 0.645 bits per heavy atom. The third kappa shape index (κ3) is 20.0. The van der Waals surface area contributed by atoms with Gasteiger partial charge in [-0.1, -0.05) is 60.7 Å². The van der Waals surface area contributed by atoms with Gasteiger partial charge in [-0.2, -0.15) is 25.3 Å². The maximum Gasteiger partial charge on any atom is 0.246 e. The lowest BCUT2D eigenvalue weighted by molar-refractivity contribution is -0.148. The molecule has 11 amide bonds. The predicted molar refractivity (Wildman–Crippen MR) is 286 cm³/mol. The third-order valence-corrected chi connectivity index (χ3v) is 13.0. The normalized spacial score (nSPS) is 15.6. The molecule has 2 aromatic rings. The Balaban J connectivity index is 1.90. The molecule has 2 aromatic carbocycles. The molecular weight excluding hydrogens is 1030 g/mol. The molecule has 26 nitrogen and oxygen atoms in total. The second-order valence-corrected chi connectivity index (χ2v) is 18.8. The van der Waals surface area contributed by atoms with Crippen LogP contribution in [0.15, 0.2) is 65.7 Å². The van der Waals surface area contributed by atoms with E-state index >= 15 is 0 Å². The van der Waals surface area contributed by atoms with Gasteiger partial charge in [0.05, 0.1) is 19.0 Å². The molecule has 76 heavy (non-hydrogen) atoms. The van der Waals surface area contributed by atoms with E-state index in [1.807, 2.05) is 0 Å². The van der Waals surface area contributed by atoms with Gasteiger partial charge in [0.1, 0.15) is 42.3 Å². The maximum absolute atomic E-state index is 14.6. The predicted octanol–water partition coefficient (Wildman–Crippen LogP) is -4.96. The van der Waals surface area contributed by atoms with E-state index in [2.05, 4.69) is 56.8 Å². The first-order valence-electron chi connectivity index (χ1n) is 24.3. The van der Waals surface area contributed by atoms with Crippen LogP contribution in [0.4, 0.5) is 0 Å². The number of hydrogen-bond donors (Lipinski definition) is 13. The van der Waals surface area contributed by atoms with Gasteiger partial charge in [-0.3, -0.25) is 57.7 Å². The van der Waals surface area contributed by atoms with Gasteiger partial charge >= 0.3 is 0 Å². The minimum absolute atomic E-state index is 0.0211. The zero-order valence-corrected chi connectivity index (χ0v) is 44.2. The molecule has 1 saturated heterocycles. The minimum atomic E-state index is -1.79. The molecule has 17 N–H and O–H groups in total. The highest BCUT2D eigenvalue weighted by Gasteiger charge is 2.41. The van der Waals surface area contributed by atoms with Crippen LogP contribution in [0.25, 0.3) is 0 Å². The van der Waals surface area contributed by atoms with Crippen molar-refractivity contribution in [3.8, 4) is 0 Å². The third-order valence-electron chi connectivity index (χ3n) is 12.3. The summed E-state index contributed by atoms with van der Waals surface area (Å²) in [6, 6.07) is 6.58. The molecule has 1 heterocycles. The number of benzene rings is 2. The van der Waals surface area contributed by atoms with E-state index in [4.69, 9.17) is 34.4 Å². The fraction of sp³-hybridized carbons (Fsp3) is 0.500. The topological polar surface area (TPSA) is 426 Å². The lowest BCUT2D eigenvalue weighted by atomic mass is 9.99. The molecule has 0 saturated carbocycles. The number of amides is 11. The van der Waals surface area contributed by atoms with Gasteiger partial charge in [-0.25, -0.2) is 0 Å². The Labute approximate surface area is 451 Å². The number of hydrogen-bond acceptors (Lipinski definition) is 15. The van der Waals surface area contributed by atoms with Crippen molar-refractivity contribution in [1.82, 2.24) is 41.3 Å². The molecule has 416 valence electrons. The van der Waals surface area contributed by atoms with Gasteiger partial charge in [0.25, 0.3) is 0 Å².